The van der Waals surface area contributed by atoms with Crippen LogP contribution in [-0.2, 0) is 4.74 Å². The third kappa shape index (κ3) is 5.51. The molecule has 0 radical (unpaired) electrons. The zero-order valence-corrected chi connectivity index (χ0v) is 13.3. The summed E-state index contributed by atoms with van der Waals surface area (Å²) in [4.78, 5) is 11.7. The Morgan fingerprint density at radius 2 is 2.25 bits per heavy atom. The van der Waals surface area contributed by atoms with Crippen molar-refractivity contribution in [2.45, 2.75) is 26.2 Å². The van der Waals surface area contributed by atoms with Gasteiger partial charge in [-0.3, -0.25) is 0 Å². The van der Waals surface area contributed by atoms with E-state index in [4.69, 9.17) is 4.74 Å². The SMILES string of the molecule is Cc1cc(Br)ccc1NC(=O)NCCCOCC1CC1. The van der Waals surface area contributed by atoms with Crippen molar-refractivity contribution in [2.75, 3.05) is 25.1 Å². The average molecular weight is 341 g/mol. The Bertz CT molecular complexity index is 461. The minimum atomic E-state index is -0.169. The molecule has 0 saturated heterocycles. The van der Waals surface area contributed by atoms with Gasteiger partial charge in [-0.1, -0.05) is 15.9 Å². The fourth-order valence-corrected chi connectivity index (χ4v) is 2.32. The largest absolute Gasteiger partial charge is 0.381 e. The van der Waals surface area contributed by atoms with E-state index in [1.54, 1.807) is 0 Å². The van der Waals surface area contributed by atoms with E-state index in [0.29, 0.717) is 13.2 Å². The lowest BCUT2D eigenvalue weighted by Crippen LogP contribution is -2.30. The maximum Gasteiger partial charge on any atom is 0.319 e. The molecule has 20 heavy (non-hydrogen) atoms. The van der Waals surface area contributed by atoms with Crippen molar-refractivity contribution in [3.63, 3.8) is 0 Å². The van der Waals surface area contributed by atoms with E-state index >= 15 is 0 Å². The molecule has 110 valence electrons. The molecule has 1 fully saturated rings. The number of nitrogens with one attached hydrogen (secondary N) is 2. The van der Waals surface area contributed by atoms with Crippen molar-refractivity contribution in [1.29, 1.82) is 0 Å². The minimum absolute atomic E-state index is 0.169. The van der Waals surface area contributed by atoms with Crippen LogP contribution in [0.25, 0.3) is 0 Å². The summed E-state index contributed by atoms with van der Waals surface area (Å²) in [6.07, 6.45) is 3.47. The average Bonchev–Trinajstić information content (AvgIpc) is 3.21. The Hall–Kier alpha value is -1.07. The number of aryl methyl sites for hydroxylation is 1. The van der Waals surface area contributed by atoms with Gasteiger partial charge in [0.25, 0.3) is 0 Å². The molecule has 5 heteroatoms. The van der Waals surface area contributed by atoms with Crippen LogP contribution in [0.1, 0.15) is 24.8 Å². The molecule has 0 spiro atoms. The molecule has 0 unspecified atom stereocenters. The first-order valence-electron chi connectivity index (χ1n) is 7.04. The lowest BCUT2D eigenvalue weighted by Gasteiger charge is -2.10. The standard InChI is InChI=1S/C15H21BrN2O2/c1-11-9-13(16)5-6-14(11)18-15(19)17-7-2-8-20-10-12-3-4-12/h5-6,9,12H,2-4,7-8,10H2,1H3,(H2,17,18,19). The minimum Gasteiger partial charge on any atom is -0.381 e. The molecule has 1 aromatic carbocycles. The summed E-state index contributed by atoms with van der Waals surface area (Å²) in [5.74, 6) is 0.798. The monoisotopic (exact) mass is 340 g/mol. The number of carbonyl (C=O) groups excluding carboxylic acids is 1. The molecule has 0 aromatic heterocycles. The van der Waals surface area contributed by atoms with E-state index in [0.717, 1.165) is 34.7 Å². The van der Waals surface area contributed by atoms with Gasteiger partial charge < -0.3 is 15.4 Å². The molecule has 2 rings (SSSR count). The first kappa shape index (κ1) is 15.3. The molecule has 1 aromatic rings. The van der Waals surface area contributed by atoms with Crippen LogP contribution in [0.4, 0.5) is 10.5 Å². The van der Waals surface area contributed by atoms with Gasteiger partial charge >= 0.3 is 6.03 Å². The van der Waals surface area contributed by atoms with Gasteiger partial charge in [0.2, 0.25) is 0 Å². The lowest BCUT2D eigenvalue weighted by atomic mass is 10.2. The molecule has 0 aliphatic heterocycles. The van der Waals surface area contributed by atoms with Gasteiger partial charge in [-0.2, -0.15) is 0 Å². The fourth-order valence-electron chi connectivity index (χ4n) is 1.84. The van der Waals surface area contributed by atoms with Gasteiger partial charge in [0.1, 0.15) is 0 Å². The van der Waals surface area contributed by atoms with Crippen molar-refractivity contribution < 1.29 is 9.53 Å². The van der Waals surface area contributed by atoms with Crippen LogP contribution in [0.2, 0.25) is 0 Å². The van der Waals surface area contributed by atoms with Crippen molar-refractivity contribution in [2.24, 2.45) is 5.92 Å². The molecule has 4 nitrogen and oxygen atoms in total. The number of benzene rings is 1. The normalized spacial score (nSPS) is 14.1. The Morgan fingerprint density at radius 3 is 2.95 bits per heavy atom. The van der Waals surface area contributed by atoms with E-state index in [-0.39, 0.29) is 6.03 Å². The zero-order valence-electron chi connectivity index (χ0n) is 11.7. The number of hydrogen-bond donors (Lipinski definition) is 2. The second-order valence-electron chi connectivity index (χ2n) is 5.21. The highest BCUT2D eigenvalue weighted by molar-refractivity contribution is 9.10. The molecule has 0 bridgehead atoms. The van der Waals surface area contributed by atoms with Crippen LogP contribution >= 0.6 is 15.9 Å². The topological polar surface area (TPSA) is 50.4 Å². The highest BCUT2D eigenvalue weighted by Crippen LogP contribution is 2.28. The number of anilines is 1. The molecule has 2 N–H and O–H groups in total. The van der Waals surface area contributed by atoms with E-state index in [2.05, 4.69) is 26.6 Å². The molecular formula is C15H21BrN2O2. The summed E-state index contributed by atoms with van der Waals surface area (Å²) >= 11 is 3.40. The summed E-state index contributed by atoms with van der Waals surface area (Å²) < 4.78 is 6.52. The van der Waals surface area contributed by atoms with E-state index in [1.165, 1.54) is 12.8 Å². The van der Waals surface area contributed by atoms with Crippen molar-refractivity contribution >= 4 is 27.6 Å². The Morgan fingerprint density at radius 1 is 1.45 bits per heavy atom. The van der Waals surface area contributed by atoms with Gasteiger partial charge in [0, 0.05) is 29.9 Å². The first-order chi connectivity index (χ1) is 9.65. The van der Waals surface area contributed by atoms with Gasteiger partial charge in [-0.25, -0.2) is 4.79 Å². The number of carbonyl (C=O) groups is 1. The van der Waals surface area contributed by atoms with Gasteiger partial charge in [-0.05, 0) is 55.9 Å². The van der Waals surface area contributed by atoms with Crippen LogP contribution in [-0.4, -0.2) is 25.8 Å². The number of urea groups is 1. The van der Waals surface area contributed by atoms with Gasteiger partial charge in [0.05, 0.1) is 0 Å². The summed E-state index contributed by atoms with van der Waals surface area (Å²) in [6, 6.07) is 5.60. The van der Waals surface area contributed by atoms with Crippen LogP contribution in [0.3, 0.4) is 0 Å². The molecule has 1 aliphatic carbocycles. The summed E-state index contributed by atoms with van der Waals surface area (Å²) in [5, 5.41) is 5.68. The van der Waals surface area contributed by atoms with Crippen LogP contribution in [0.15, 0.2) is 22.7 Å². The van der Waals surface area contributed by atoms with Crippen LogP contribution < -0.4 is 10.6 Å². The number of hydrogen-bond acceptors (Lipinski definition) is 2. The molecule has 0 atom stereocenters. The lowest BCUT2D eigenvalue weighted by molar-refractivity contribution is 0.122. The Kier molecular flexibility index (Phi) is 5.86. The summed E-state index contributed by atoms with van der Waals surface area (Å²) in [5.41, 5.74) is 1.86. The van der Waals surface area contributed by atoms with Crippen LogP contribution in [0.5, 0.6) is 0 Å². The Balaban J connectivity index is 1.59. The van der Waals surface area contributed by atoms with Crippen molar-refractivity contribution in [1.82, 2.24) is 5.32 Å². The van der Waals surface area contributed by atoms with Gasteiger partial charge in [0.15, 0.2) is 0 Å². The predicted molar refractivity (Wildman–Crippen MR) is 84.1 cm³/mol. The number of ether oxygens (including phenoxy) is 1. The number of amides is 2. The molecule has 2 amide bonds. The predicted octanol–water partition coefficient (Wildman–Crippen LogP) is 3.70. The smallest absolute Gasteiger partial charge is 0.319 e. The number of halogens is 1. The fraction of sp³-hybridized carbons (Fsp3) is 0.533. The maximum atomic E-state index is 11.7. The summed E-state index contributed by atoms with van der Waals surface area (Å²) in [7, 11) is 0. The van der Waals surface area contributed by atoms with Crippen molar-refractivity contribution in [3.8, 4) is 0 Å². The van der Waals surface area contributed by atoms with E-state index in [9.17, 15) is 4.79 Å². The third-order valence-electron chi connectivity index (χ3n) is 3.24. The number of rotatable bonds is 7. The maximum absolute atomic E-state index is 11.7. The van der Waals surface area contributed by atoms with Gasteiger partial charge in [-0.15, -0.1) is 0 Å². The van der Waals surface area contributed by atoms with E-state index < -0.39 is 0 Å². The summed E-state index contributed by atoms with van der Waals surface area (Å²) in [6.45, 7) is 4.19. The highest BCUT2D eigenvalue weighted by atomic mass is 79.9. The second-order valence-corrected chi connectivity index (χ2v) is 6.13. The quantitative estimate of drug-likeness (QED) is 0.743. The van der Waals surface area contributed by atoms with E-state index in [1.807, 2.05) is 25.1 Å². The third-order valence-corrected chi connectivity index (χ3v) is 3.73. The molecule has 1 aliphatic rings. The van der Waals surface area contributed by atoms with Crippen LogP contribution in [0, 0.1) is 12.8 Å². The Labute approximate surface area is 128 Å². The van der Waals surface area contributed by atoms with Crippen molar-refractivity contribution in [3.05, 3.63) is 28.2 Å². The molecule has 1 saturated carbocycles. The molecule has 0 heterocycles. The highest BCUT2D eigenvalue weighted by Gasteiger charge is 2.20. The molecular weight excluding hydrogens is 320 g/mol. The first-order valence-corrected chi connectivity index (χ1v) is 7.83. The second kappa shape index (κ2) is 7.64. The zero-order chi connectivity index (χ0) is 14.4.